The number of hydrogen-bond donors (Lipinski definition) is 1. The fraction of sp³-hybridized carbons (Fsp3) is 0.933. The largest absolute Gasteiger partial charge is 0.315 e. The lowest BCUT2D eigenvalue weighted by molar-refractivity contribution is 0.245. The van der Waals surface area contributed by atoms with Crippen LogP contribution in [0.4, 0.5) is 0 Å². The van der Waals surface area contributed by atoms with Crippen LogP contribution in [0.3, 0.4) is 0 Å². The number of likely N-dealkylation sites (N-methyl/N-ethyl adjacent to an activating group) is 1. The first-order chi connectivity index (χ1) is 8.55. The molecule has 0 aromatic carbocycles. The van der Waals surface area contributed by atoms with Crippen LogP contribution in [0.1, 0.15) is 52.4 Å². The zero-order chi connectivity index (χ0) is 13.4. The Morgan fingerprint density at radius 2 is 1.94 bits per heavy atom. The van der Waals surface area contributed by atoms with Gasteiger partial charge in [0, 0.05) is 19.1 Å². The van der Waals surface area contributed by atoms with Crippen molar-refractivity contribution in [2.45, 2.75) is 58.4 Å². The normalized spacial score (nSPS) is 17.3. The number of nitrogens with zero attached hydrogens (tertiary/aromatic N) is 2. The zero-order valence-corrected chi connectivity index (χ0v) is 12.3. The van der Waals surface area contributed by atoms with E-state index in [1.807, 2.05) is 13.8 Å². The van der Waals surface area contributed by atoms with Gasteiger partial charge in [0.15, 0.2) is 0 Å². The lowest BCUT2D eigenvalue weighted by Crippen LogP contribution is -2.35. The van der Waals surface area contributed by atoms with Gasteiger partial charge in [-0.05, 0) is 53.1 Å². The fourth-order valence-corrected chi connectivity index (χ4v) is 2.62. The van der Waals surface area contributed by atoms with Crippen molar-refractivity contribution in [3.05, 3.63) is 0 Å². The summed E-state index contributed by atoms with van der Waals surface area (Å²) in [5, 5.41) is 12.4. The zero-order valence-electron chi connectivity index (χ0n) is 12.3. The summed E-state index contributed by atoms with van der Waals surface area (Å²) in [5.41, 5.74) is -0.164. The minimum Gasteiger partial charge on any atom is -0.315 e. The molecule has 3 heteroatoms. The molecular weight excluding hydrogens is 222 g/mol. The van der Waals surface area contributed by atoms with Crippen LogP contribution in [0.25, 0.3) is 0 Å². The number of rotatable bonds is 8. The Kier molecular flexibility index (Phi) is 6.67. The Labute approximate surface area is 113 Å². The van der Waals surface area contributed by atoms with Gasteiger partial charge >= 0.3 is 0 Å². The second-order valence-electron chi connectivity index (χ2n) is 6.27. The molecule has 3 nitrogen and oxygen atoms in total. The molecule has 0 radical (unpaired) electrons. The second-order valence-corrected chi connectivity index (χ2v) is 6.27. The molecule has 0 saturated heterocycles. The van der Waals surface area contributed by atoms with Crippen LogP contribution in [0.5, 0.6) is 0 Å². The van der Waals surface area contributed by atoms with Gasteiger partial charge in [-0.1, -0.05) is 12.8 Å². The predicted molar refractivity (Wildman–Crippen MR) is 76.4 cm³/mol. The highest BCUT2D eigenvalue weighted by Gasteiger charge is 2.18. The van der Waals surface area contributed by atoms with E-state index in [2.05, 4.69) is 23.3 Å². The van der Waals surface area contributed by atoms with E-state index in [1.54, 1.807) is 0 Å². The lowest BCUT2D eigenvalue weighted by atomic mass is 9.90. The molecule has 0 aromatic heterocycles. The van der Waals surface area contributed by atoms with E-state index in [9.17, 15) is 0 Å². The maximum atomic E-state index is 8.91. The average Bonchev–Trinajstić information content (AvgIpc) is 2.87. The molecule has 0 spiro atoms. The maximum absolute atomic E-state index is 8.91. The highest BCUT2D eigenvalue weighted by molar-refractivity contribution is 4.91. The predicted octanol–water partition coefficient (Wildman–Crippen LogP) is 2.78. The van der Waals surface area contributed by atoms with Crippen LogP contribution in [-0.4, -0.2) is 37.6 Å². The summed E-state index contributed by atoms with van der Waals surface area (Å²) < 4.78 is 0. The van der Waals surface area contributed by atoms with Crippen LogP contribution < -0.4 is 5.32 Å². The maximum Gasteiger partial charge on any atom is 0.0683 e. The van der Waals surface area contributed by atoms with Crippen LogP contribution in [0.15, 0.2) is 0 Å². The van der Waals surface area contributed by atoms with Gasteiger partial charge in [0.1, 0.15) is 0 Å². The van der Waals surface area contributed by atoms with Gasteiger partial charge in [-0.2, -0.15) is 5.26 Å². The molecule has 0 amide bonds. The van der Waals surface area contributed by atoms with E-state index in [0.717, 1.165) is 38.5 Å². The third kappa shape index (κ3) is 5.84. The summed E-state index contributed by atoms with van der Waals surface area (Å²) in [7, 11) is 2.25. The van der Waals surface area contributed by atoms with Gasteiger partial charge in [0.25, 0.3) is 0 Å². The van der Waals surface area contributed by atoms with Gasteiger partial charge in [-0.15, -0.1) is 0 Å². The third-order valence-electron chi connectivity index (χ3n) is 4.05. The molecule has 1 aliphatic rings. The van der Waals surface area contributed by atoms with Crippen molar-refractivity contribution >= 4 is 0 Å². The molecular formula is C15H29N3. The molecule has 1 aliphatic carbocycles. The Bertz CT molecular complexity index is 261. The van der Waals surface area contributed by atoms with E-state index in [0.29, 0.717) is 0 Å². The van der Waals surface area contributed by atoms with Crippen molar-refractivity contribution in [3.8, 4) is 6.07 Å². The smallest absolute Gasteiger partial charge is 0.0683 e. The van der Waals surface area contributed by atoms with Gasteiger partial charge < -0.3 is 10.2 Å². The second kappa shape index (κ2) is 7.76. The van der Waals surface area contributed by atoms with Crippen molar-refractivity contribution in [1.82, 2.24) is 10.2 Å². The van der Waals surface area contributed by atoms with Gasteiger partial charge in [-0.25, -0.2) is 0 Å². The van der Waals surface area contributed by atoms with Crippen molar-refractivity contribution in [3.63, 3.8) is 0 Å². The highest BCUT2D eigenvalue weighted by Crippen LogP contribution is 2.22. The van der Waals surface area contributed by atoms with E-state index in [-0.39, 0.29) is 5.41 Å². The Morgan fingerprint density at radius 1 is 1.28 bits per heavy atom. The fourth-order valence-electron chi connectivity index (χ4n) is 2.62. The van der Waals surface area contributed by atoms with Gasteiger partial charge in [0.2, 0.25) is 0 Å². The Balaban J connectivity index is 1.97. The number of nitriles is 1. The molecule has 0 bridgehead atoms. The summed E-state index contributed by atoms with van der Waals surface area (Å²) in [6, 6.07) is 3.17. The van der Waals surface area contributed by atoms with Crippen molar-refractivity contribution < 1.29 is 0 Å². The van der Waals surface area contributed by atoms with E-state index < -0.39 is 0 Å². The molecule has 1 rings (SSSR count). The highest BCUT2D eigenvalue weighted by atomic mass is 15.1. The average molecular weight is 251 g/mol. The molecule has 18 heavy (non-hydrogen) atoms. The topological polar surface area (TPSA) is 39.1 Å². The van der Waals surface area contributed by atoms with Gasteiger partial charge in [0.05, 0.1) is 11.5 Å². The molecule has 0 unspecified atom stereocenters. The molecule has 1 fully saturated rings. The molecule has 0 heterocycles. The lowest BCUT2D eigenvalue weighted by Gasteiger charge is -2.24. The van der Waals surface area contributed by atoms with Crippen LogP contribution >= 0.6 is 0 Å². The summed E-state index contributed by atoms with van der Waals surface area (Å²) in [4.78, 5) is 2.50. The molecule has 104 valence electrons. The summed E-state index contributed by atoms with van der Waals surface area (Å²) in [5.74, 6) is 0. The molecule has 1 saturated carbocycles. The molecule has 0 aromatic rings. The van der Waals surface area contributed by atoms with Crippen LogP contribution in [0, 0.1) is 16.7 Å². The minimum atomic E-state index is -0.164. The standard InChI is InChI=1S/C15H29N3/c1-15(2,13-16)9-6-10-17-11-12-18(3)14-7-4-5-8-14/h14,17H,4-12H2,1-3H3. The first kappa shape index (κ1) is 15.5. The minimum absolute atomic E-state index is 0.164. The van der Waals surface area contributed by atoms with Crippen molar-refractivity contribution in [2.75, 3.05) is 26.7 Å². The SMILES string of the molecule is CN(CCNCCCC(C)(C)C#N)C1CCCC1. The van der Waals surface area contributed by atoms with Crippen molar-refractivity contribution in [2.24, 2.45) is 5.41 Å². The first-order valence-electron chi connectivity index (χ1n) is 7.37. The first-order valence-corrected chi connectivity index (χ1v) is 7.37. The van der Waals surface area contributed by atoms with Gasteiger partial charge in [-0.3, -0.25) is 0 Å². The number of nitrogens with one attached hydrogen (secondary N) is 1. The number of hydrogen-bond acceptors (Lipinski definition) is 3. The molecule has 0 atom stereocenters. The summed E-state index contributed by atoms with van der Waals surface area (Å²) in [6.45, 7) is 7.28. The van der Waals surface area contributed by atoms with E-state index in [4.69, 9.17) is 5.26 Å². The summed E-state index contributed by atoms with van der Waals surface area (Å²) >= 11 is 0. The third-order valence-corrected chi connectivity index (χ3v) is 4.05. The Hall–Kier alpha value is -0.590. The van der Waals surface area contributed by atoms with Crippen LogP contribution in [0.2, 0.25) is 0 Å². The quantitative estimate of drug-likeness (QED) is 0.674. The Morgan fingerprint density at radius 3 is 2.56 bits per heavy atom. The summed E-state index contributed by atoms with van der Waals surface area (Å²) in [6.07, 6.45) is 7.65. The van der Waals surface area contributed by atoms with Crippen LogP contribution in [-0.2, 0) is 0 Å². The van der Waals surface area contributed by atoms with E-state index >= 15 is 0 Å². The van der Waals surface area contributed by atoms with E-state index in [1.165, 1.54) is 25.7 Å². The van der Waals surface area contributed by atoms with Crippen molar-refractivity contribution in [1.29, 1.82) is 5.26 Å². The monoisotopic (exact) mass is 251 g/mol. The molecule has 1 N–H and O–H groups in total. The molecule has 0 aliphatic heterocycles.